The maximum atomic E-state index is 12.3. The van der Waals surface area contributed by atoms with Gasteiger partial charge in [0.1, 0.15) is 11.7 Å². The molecule has 0 radical (unpaired) electrons. The lowest BCUT2D eigenvalue weighted by atomic mass is 9.89. The topological polar surface area (TPSA) is 65.4 Å². The van der Waals surface area contributed by atoms with Crippen molar-refractivity contribution in [1.29, 1.82) is 5.26 Å². The molecule has 0 bridgehead atoms. The highest BCUT2D eigenvalue weighted by molar-refractivity contribution is 5.71. The van der Waals surface area contributed by atoms with Gasteiger partial charge < -0.3 is 15.0 Å². The SMILES string of the molecule is CC(C)(C)OC(=O)N1CCC2Nc3c(C#N)cccc3C2C1. The molecule has 5 heteroatoms. The highest BCUT2D eigenvalue weighted by Crippen LogP contribution is 2.41. The van der Waals surface area contributed by atoms with E-state index in [-0.39, 0.29) is 12.0 Å². The molecule has 0 saturated carbocycles. The van der Waals surface area contributed by atoms with Crippen LogP contribution in [0.5, 0.6) is 0 Å². The summed E-state index contributed by atoms with van der Waals surface area (Å²) in [5, 5.41) is 12.7. The van der Waals surface area contributed by atoms with Crippen molar-refractivity contribution in [3.63, 3.8) is 0 Å². The molecule has 1 N–H and O–H groups in total. The normalized spacial score (nSPS) is 23.1. The smallest absolute Gasteiger partial charge is 0.410 e. The number of ether oxygens (including phenoxy) is 1. The molecular formula is C17H21N3O2. The van der Waals surface area contributed by atoms with Crippen LogP contribution in [-0.2, 0) is 4.74 Å². The Labute approximate surface area is 130 Å². The number of anilines is 1. The Balaban J connectivity index is 1.80. The molecule has 2 aliphatic heterocycles. The van der Waals surface area contributed by atoms with Gasteiger partial charge in [0.15, 0.2) is 0 Å². The van der Waals surface area contributed by atoms with Gasteiger partial charge in [-0.1, -0.05) is 12.1 Å². The summed E-state index contributed by atoms with van der Waals surface area (Å²) in [7, 11) is 0. The Bertz CT molecular complexity index is 642. The summed E-state index contributed by atoms with van der Waals surface area (Å²) < 4.78 is 5.47. The molecule has 1 amide bonds. The molecule has 2 heterocycles. The van der Waals surface area contributed by atoms with Gasteiger partial charge in [-0.15, -0.1) is 0 Å². The lowest BCUT2D eigenvalue weighted by molar-refractivity contribution is 0.0195. The summed E-state index contributed by atoms with van der Waals surface area (Å²) in [6.07, 6.45) is 0.611. The second-order valence-corrected chi connectivity index (χ2v) is 6.95. The third-order valence-electron chi connectivity index (χ3n) is 4.21. The van der Waals surface area contributed by atoms with Crippen molar-refractivity contribution in [2.75, 3.05) is 18.4 Å². The number of rotatable bonds is 0. The van der Waals surface area contributed by atoms with Gasteiger partial charge in [0.25, 0.3) is 0 Å². The van der Waals surface area contributed by atoms with E-state index in [0.29, 0.717) is 24.7 Å². The van der Waals surface area contributed by atoms with E-state index >= 15 is 0 Å². The first-order valence-corrected chi connectivity index (χ1v) is 7.66. The number of nitriles is 1. The van der Waals surface area contributed by atoms with Gasteiger partial charge in [0, 0.05) is 25.0 Å². The number of fused-ring (bicyclic) bond motifs is 3. The summed E-state index contributed by atoms with van der Waals surface area (Å²) in [6, 6.07) is 8.32. The van der Waals surface area contributed by atoms with E-state index in [1.54, 1.807) is 4.90 Å². The van der Waals surface area contributed by atoms with Crippen LogP contribution >= 0.6 is 0 Å². The first-order valence-electron chi connectivity index (χ1n) is 7.66. The first kappa shape index (κ1) is 14.7. The Hall–Kier alpha value is -2.22. The molecular weight excluding hydrogens is 278 g/mol. The summed E-state index contributed by atoms with van der Waals surface area (Å²) >= 11 is 0. The average molecular weight is 299 g/mol. The van der Waals surface area contributed by atoms with Gasteiger partial charge in [-0.2, -0.15) is 5.26 Å². The van der Waals surface area contributed by atoms with Crippen molar-refractivity contribution in [3.8, 4) is 6.07 Å². The van der Waals surface area contributed by atoms with Crippen molar-refractivity contribution < 1.29 is 9.53 Å². The van der Waals surface area contributed by atoms with Gasteiger partial charge in [-0.05, 0) is 38.8 Å². The van der Waals surface area contributed by atoms with Crippen molar-refractivity contribution in [2.45, 2.75) is 44.8 Å². The number of carbonyl (C=O) groups excluding carboxylic acids is 1. The Morgan fingerprint density at radius 2 is 2.23 bits per heavy atom. The van der Waals surface area contributed by atoms with Crippen LogP contribution in [-0.4, -0.2) is 35.7 Å². The van der Waals surface area contributed by atoms with E-state index < -0.39 is 5.60 Å². The lowest BCUT2D eigenvalue weighted by Crippen LogP contribution is -2.46. The fraction of sp³-hybridized carbons (Fsp3) is 0.529. The van der Waals surface area contributed by atoms with E-state index in [1.807, 2.05) is 39.0 Å². The highest BCUT2D eigenvalue weighted by atomic mass is 16.6. The molecule has 3 rings (SSSR count). The van der Waals surface area contributed by atoms with E-state index in [0.717, 1.165) is 17.7 Å². The van der Waals surface area contributed by atoms with Gasteiger partial charge in [-0.25, -0.2) is 4.79 Å². The van der Waals surface area contributed by atoms with E-state index in [2.05, 4.69) is 11.4 Å². The Morgan fingerprint density at radius 3 is 2.91 bits per heavy atom. The largest absolute Gasteiger partial charge is 0.444 e. The fourth-order valence-corrected chi connectivity index (χ4v) is 3.25. The van der Waals surface area contributed by atoms with Crippen LogP contribution in [0.2, 0.25) is 0 Å². The highest BCUT2D eigenvalue weighted by Gasteiger charge is 2.39. The third-order valence-corrected chi connectivity index (χ3v) is 4.21. The maximum Gasteiger partial charge on any atom is 0.410 e. The number of hydrogen-bond acceptors (Lipinski definition) is 4. The summed E-state index contributed by atoms with van der Waals surface area (Å²) in [6.45, 7) is 6.95. The molecule has 116 valence electrons. The van der Waals surface area contributed by atoms with Gasteiger partial charge in [0.05, 0.1) is 11.3 Å². The number of para-hydroxylation sites is 1. The minimum absolute atomic E-state index is 0.226. The standard InChI is InChI=1S/C17H21N3O2/c1-17(2,3)22-16(21)20-8-7-14-13(10-20)12-6-4-5-11(9-18)15(12)19-14/h4-6,13-14,19H,7-8,10H2,1-3H3. The monoisotopic (exact) mass is 299 g/mol. The average Bonchev–Trinajstić information content (AvgIpc) is 2.83. The number of carbonyl (C=O) groups is 1. The van der Waals surface area contributed by atoms with Crippen molar-refractivity contribution in [2.24, 2.45) is 0 Å². The van der Waals surface area contributed by atoms with Crippen LogP contribution in [0.4, 0.5) is 10.5 Å². The molecule has 0 aliphatic carbocycles. The van der Waals surface area contributed by atoms with Crippen molar-refractivity contribution in [3.05, 3.63) is 29.3 Å². The second kappa shape index (κ2) is 5.20. The third kappa shape index (κ3) is 2.61. The zero-order valence-corrected chi connectivity index (χ0v) is 13.2. The minimum Gasteiger partial charge on any atom is -0.444 e. The Morgan fingerprint density at radius 1 is 1.45 bits per heavy atom. The van der Waals surface area contributed by atoms with Gasteiger partial charge in [-0.3, -0.25) is 0 Å². The molecule has 2 unspecified atom stereocenters. The quantitative estimate of drug-likeness (QED) is 0.799. The van der Waals surface area contributed by atoms with E-state index in [4.69, 9.17) is 4.74 Å². The van der Waals surface area contributed by atoms with Crippen molar-refractivity contribution >= 4 is 11.8 Å². The van der Waals surface area contributed by atoms with Crippen LogP contribution in [0.25, 0.3) is 0 Å². The number of nitrogens with one attached hydrogen (secondary N) is 1. The lowest BCUT2D eigenvalue weighted by Gasteiger charge is -2.36. The second-order valence-electron chi connectivity index (χ2n) is 6.95. The van der Waals surface area contributed by atoms with Crippen LogP contribution < -0.4 is 5.32 Å². The van der Waals surface area contributed by atoms with Crippen molar-refractivity contribution in [1.82, 2.24) is 4.90 Å². The molecule has 1 fully saturated rings. The van der Waals surface area contributed by atoms with Crippen LogP contribution in [0, 0.1) is 11.3 Å². The molecule has 2 atom stereocenters. The van der Waals surface area contributed by atoms with Crippen LogP contribution in [0.3, 0.4) is 0 Å². The Kier molecular flexibility index (Phi) is 3.48. The summed E-state index contributed by atoms with van der Waals surface area (Å²) in [5.41, 5.74) is 2.27. The molecule has 0 aromatic heterocycles. The number of hydrogen-bond donors (Lipinski definition) is 1. The predicted molar refractivity (Wildman–Crippen MR) is 83.7 cm³/mol. The predicted octanol–water partition coefficient (Wildman–Crippen LogP) is 3.08. The number of piperidine rings is 1. The number of benzene rings is 1. The fourth-order valence-electron chi connectivity index (χ4n) is 3.25. The molecule has 0 spiro atoms. The number of likely N-dealkylation sites (tertiary alicyclic amines) is 1. The number of amides is 1. The minimum atomic E-state index is -0.478. The van der Waals surface area contributed by atoms with E-state index in [9.17, 15) is 10.1 Å². The molecule has 1 aromatic rings. The van der Waals surface area contributed by atoms with E-state index in [1.165, 1.54) is 0 Å². The van der Waals surface area contributed by atoms with Crippen LogP contribution in [0.15, 0.2) is 18.2 Å². The molecule has 1 aromatic carbocycles. The zero-order chi connectivity index (χ0) is 15.9. The summed E-state index contributed by atoms with van der Waals surface area (Å²) in [4.78, 5) is 14.0. The number of nitrogens with zero attached hydrogens (tertiary/aromatic N) is 2. The molecule has 22 heavy (non-hydrogen) atoms. The van der Waals surface area contributed by atoms with Gasteiger partial charge >= 0.3 is 6.09 Å². The molecule has 1 saturated heterocycles. The maximum absolute atomic E-state index is 12.3. The first-order chi connectivity index (χ1) is 10.4. The molecule has 5 nitrogen and oxygen atoms in total. The summed E-state index contributed by atoms with van der Waals surface area (Å²) in [5.74, 6) is 0.226. The van der Waals surface area contributed by atoms with Crippen LogP contribution in [0.1, 0.15) is 44.2 Å². The molecule has 2 aliphatic rings. The zero-order valence-electron chi connectivity index (χ0n) is 13.2. The van der Waals surface area contributed by atoms with Gasteiger partial charge in [0.2, 0.25) is 0 Å².